The molecule has 6 heteroatoms. The Balaban J connectivity index is 2.54. The summed E-state index contributed by atoms with van der Waals surface area (Å²) in [6.07, 6.45) is -0.424. The van der Waals surface area contributed by atoms with Crippen molar-refractivity contribution in [3.05, 3.63) is 35.9 Å². The Hall–Kier alpha value is -0.763. The number of benzene rings is 1. The molecule has 0 saturated heterocycles. The van der Waals surface area contributed by atoms with Crippen molar-refractivity contribution in [1.82, 2.24) is 0 Å². The summed E-state index contributed by atoms with van der Waals surface area (Å²) in [6.45, 7) is 0.473. The number of hydrogen-bond acceptors (Lipinski definition) is 5. The minimum absolute atomic E-state index is 0.424. The predicted octanol–water partition coefficient (Wildman–Crippen LogP) is 2.05. The largest absolute Gasteiger partial charge is 0.505 e. The molecule has 0 fully saturated rings. The highest BCUT2D eigenvalue weighted by molar-refractivity contribution is 6.60. The van der Waals surface area contributed by atoms with Gasteiger partial charge in [-0.3, -0.25) is 0 Å². The highest BCUT2D eigenvalue weighted by atomic mass is 28.4. The predicted molar refractivity (Wildman–Crippen MR) is 73.6 cm³/mol. The van der Waals surface area contributed by atoms with Gasteiger partial charge in [0.2, 0.25) is 0 Å². The smallest absolute Gasteiger partial charge is 0.377 e. The van der Waals surface area contributed by atoms with Gasteiger partial charge in [-0.1, -0.05) is 30.3 Å². The van der Waals surface area contributed by atoms with Crippen LogP contribution in [0, 0.1) is 0 Å². The Kier molecular flexibility index (Phi) is 7.22. The maximum Gasteiger partial charge on any atom is 0.505 e. The number of rotatable bonds is 9. The minimum atomic E-state index is -2.69. The van der Waals surface area contributed by atoms with Crippen LogP contribution in [0.1, 0.15) is 5.56 Å². The molecule has 108 valence electrons. The molecule has 0 amide bonds. The first-order chi connectivity index (χ1) is 9.19. The standard InChI is InChI=1S/C13H22O5Si/c1-14-13(11-19(15-2,16-3)17-4)18-10-12-8-6-5-7-9-12/h5-9,13H,10-11H2,1-4H3. The summed E-state index contributed by atoms with van der Waals surface area (Å²) in [7, 11) is 3.62. The van der Waals surface area contributed by atoms with Crippen molar-refractivity contribution in [2.75, 3.05) is 28.4 Å². The third kappa shape index (κ3) is 5.02. The van der Waals surface area contributed by atoms with Crippen molar-refractivity contribution in [2.45, 2.75) is 18.9 Å². The van der Waals surface area contributed by atoms with Gasteiger partial charge < -0.3 is 22.8 Å². The fourth-order valence-corrected chi connectivity index (χ4v) is 3.37. The van der Waals surface area contributed by atoms with Crippen LogP contribution in [-0.2, 0) is 29.4 Å². The summed E-state index contributed by atoms with van der Waals surface area (Å²) >= 11 is 0. The Labute approximate surface area is 115 Å². The molecule has 19 heavy (non-hydrogen) atoms. The summed E-state index contributed by atoms with van der Waals surface area (Å²) in [5.41, 5.74) is 1.09. The van der Waals surface area contributed by atoms with Gasteiger partial charge in [0.15, 0.2) is 6.29 Å². The normalized spacial score (nSPS) is 13.5. The van der Waals surface area contributed by atoms with Gasteiger partial charge in [0, 0.05) is 28.4 Å². The third-order valence-electron chi connectivity index (χ3n) is 2.89. The van der Waals surface area contributed by atoms with Crippen molar-refractivity contribution >= 4 is 8.80 Å². The van der Waals surface area contributed by atoms with Gasteiger partial charge in [0.05, 0.1) is 12.7 Å². The van der Waals surface area contributed by atoms with E-state index in [4.69, 9.17) is 22.8 Å². The van der Waals surface area contributed by atoms with Crippen molar-refractivity contribution < 1.29 is 22.8 Å². The lowest BCUT2D eigenvalue weighted by atomic mass is 10.2. The lowest BCUT2D eigenvalue weighted by Crippen LogP contribution is -2.46. The molecule has 0 radical (unpaired) electrons. The van der Waals surface area contributed by atoms with Gasteiger partial charge in [0.25, 0.3) is 0 Å². The average Bonchev–Trinajstić information content (AvgIpc) is 2.49. The molecule has 5 nitrogen and oxygen atoms in total. The monoisotopic (exact) mass is 286 g/mol. The molecule has 1 unspecified atom stereocenters. The molecule has 0 heterocycles. The van der Waals surface area contributed by atoms with E-state index in [0.29, 0.717) is 12.7 Å². The Morgan fingerprint density at radius 1 is 0.947 bits per heavy atom. The Bertz CT molecular complexity index is 334. The number of hydrogen-bond donors (Lipinski definition) is 0. The first-order valence-corrected chi connectivity index (χ1v) is 7.96. The van der Waals surface area contributed by atoms with Crippen LogP contribution in [-0.4, -0.2) is 43.5 Å². The fraction of sp³-hybridized carbons (Fsp3) is 0.538. The second-order valence-electron chi connectivity index (χ2n) is 3.96. The zero-order chi connectivity index (χ0) is 14.1. The van der Waals surface area contributed by atoms with E-state index in [1.54, 1.807) is 28.4 Å². The van der Waals surface area contributed by atoms with Crippen LogP contribution in [0.15, 0.2) is 30.3 Å². The van der Waals surface area contributed by atoms with Crippen LogP contribution >= 0.6 is 0 Å². The first-order valence-electron chi connectivity index (χ1n) is 6.03. The zero-order valence-corrected chi connectivity index (χ0v) is 12.9. The second kappa shape index (κ2) is 8.42. The van der Waals surface area contributed by atoms with Gasteiger partial charge in [0.1, 0.15) is 0 Å². The van der Waals surface area contributed by atoms with Gasteiger partial charge in [-0.25, -0.2) is 0 Å². The van der Waals surface area contributed by atoms with E-state index in [1.165, 1.54) is 0 Å². The molecule has 0 aliphatic rings. The van der Waals surface area contributed by atoms with Crippen LogP contribution in [0.25, 0.3) is 0 Å². The van der Waals surface area contributed by atoms with E-state index in [9.17, 15) is 0 Å². The molecule has 1 aromatic rings. The van der Waals surface area contributed by atoms with E-state index < -0.39 is 15.1 Å². The summed E-state index contributed by atoms with van der Waals surface area (Å²) in [5.74, 6) is 0. The molecule has 0 aliphatic heterocycles. The summed E-state index contributed by atoms with van der Waals surface area (Å²) < 4.78 is 27.1. The molecule has 0 spiro atoms. The van der Waals surface area contributed by atoms with Crippen LogP contribution in [0.2, 0.25) is 6.04 Å². The van der Waals surface area contributed by atoms with Crippen LogP contribution in [0.4, 0.5) is 0 Å². The molecule has 0 bridgehead atoms. The van der Waals surface area contributed by atoms with Gasteiger partial charge in [-0.15, -0.1) is 0 Å². The van der Waals surface area contributed by atoms with Gasteiger partial charge in [-0.05, 0) is 5.56 Å². The third-order valence-corrected chi connectivity index (χ3v) is 5.59. The van der Waals surface area contributed by atoms with Crippen LogP contribution in [0.5, 0.6) is 0 Å². The first kappa shape index (κ1) is 16.3. The van der Waals surface area contributed by atoms with Crippen molar-refractivity contribution in [1.29, 1.82) is 0 Å². The van der Waals surface area contributed by atoms with Gasteiger partial charge >= 0.3 is 8.80 Å². The maximum atomic E-state index is 5.71. The lowest BCUT2D eigenvalue weighted by molar-refractivity contribution is -0.126. The number of methoxy groups -OCH3 is 1. The molecule has 1 atom stereocenters. The van der Waals surface area contributed by atoms with Crippen molar-refractivity contribution in [3.63, 3.8) is 0 Å². The second-order valence-corrected chi connectivity index (χ2v) is 6.96. The molecule has 0 saturated carbocycles. The van der Waals surface area contributed by atoms with E-state index >= 15 is 0 Å². The molecule has 0 aromatic heterocycles. The topological polar surface area (TPSA) is 46.2 Å². The quantitative estimate of drug-likeness (QED) is 0.513. The molecule has 1 aromatic carbocycles. The van der Waals surface area contributed by atoms with E-state index in [2.05, 4.69) is 0 Å². The summed E-state index contributed by atoms with van der Waals surface area (Å²) in [6, 6.07) is 10.4. The molecular weight excluding hydrogens is 264 g/mol. The minimum Gasteiger partial charge on any atom is -0.377 e. The Morgan fingerprint density at radius 3 is 2.00 bits per heavy atom. The fourth-order valence-electron chi connectivity index (χ4n) is 1.68. The highest BCUT2D eigenvalue weighted by Gasteiger charge is 2.41. The van der Waals surface area contributed by atoms with Crippen molar-refractivity contribution in [3.8, 4) is 0 Å². The summed E-state index contributed by atoms with van der Waals surface area (Å²) in [5, 5.41) is 0. The molecular formula is C13H22O5Si. The van der Waals surface area contributed by atoms with E-state index in [0.717, 1.165) is 5.56 Å². The van der Waals surface area contributed by atoms with Crippen LogP contribution in [0.3, 0.4) is 0 Å². The summed E-state index contributed by atoms with van der Waals surface area (Å²) in [4.78, 5) is 0. The molecule has 0 N–H and O–H groups in total. The molecule has 0 aliphatic carbocycles. The van der Waals surface area contributed by atoms with E-state index in [1.807, 2.05) is 30.3 Å². The Morgan fingerprint density at radius 2 is 1.53 bits per heavy atom. The van der Waals surface area contributed by atoms with Crippen molar-refractivity contribution in [2.24, 2.45) is 0 Å². The average molecular weight is 286 g/mol. The lowest BCUT2D eigenvalue weighted by Gasteiger charge is -2.27. The van der Waals surface area contributed by atoms with E-state index in [-0.39, 0.29) is 0 Å². The van der Waals surface area contributed by atoms with Crippen LogP contribution < -0.4 is 0 Å². The maximum absolute atomic E-state index is 5.71. The SMILES string of the molecule is COC(C[Si](OC)(OC)OC)OCc1ccccc1. The van der Waals surface area contributed by atoms with Gasteiger partial charge in [-0.2, -0.15) is 0 Å². The zero-order valence-electron chi connectivity index (χ0n) is 11.9. The highest BCUT2D eigenvalue weighted by Crippen LogP contribution is 2.18. The number of ether oxygens (including phenoxy) is 2. The molecule has 1 rings (SSSR count).